The third kappa shape index (κ3) is 5.88. The van der Waals surface area contributed by atoms with Gasteiger partial charge in [0.1, 0.15) is 0 Å². The molecule has 1 aliphatic carbocycles. The molecule has 0 bridgehead atoms. The van der Waals surface area contributed by atoms with E-state index in [4.69, 9.17) is 17.3 Å². The fourth-order valence-electron chi connectivity index (χ4n) is 3.84. The Labute approximate surface area is 196 Å². The van der Waals surface area contributed by atoms with Crippen molar-refractivity contribution < 1.29 is 18.0 Å². The lowest BCUT2D eigenvalue weighted by atomic mass is 10.1. The van der Waals surface area contributed by atoms with Crippen molar-refractivity contribution in [2.24, 2.45) is 0 Å². The average Bonchev–Trinajstić information content (AvgIpc) is 3.63. The Bertz CT molecular complexity index is 1140. The third-order valence-corrected chi connectivity index (χ3v) is 6.09. The van der Waals surface area contributed by atoms with Crippen LogP contribution in [0.15, 0.2) is 66.7 Å². The van der Waals surface area contributed by atoms with E-state index in [2.05, 4.69) is 12.1 Å². The number of amides is 1. The summed E-state index contributed by atoms with van der Waals surface area (Å²) >= 11 is 6.08. The lowest BCUT2D eigenvalue weighted by Gasteiger charge is -2.24. The van der Waals surface area contributed by atoms with Crippen LogP contribution in [-0.2, 0) is 19.1 Å². The minimum Gasteiger partial charge on any atom is -0.398 e. The second kappa shape index (κ2) is 9.48. The van der Waals surface area contributed by atoms with Gasteiger partial charge < -0.3 is 10.6 Å². The molecule has 0 aromatic heterocycles. The highest BCUT2D eigenvalue weighted by atomic mass is 35.5. The molecule has 0 heterocycles. The molecule has 1 aliphatic rings. The normalized spacial score (nSPS) is 13.7. The molecule has 2 N–H and O–H groups in total. The number of hydrogen-bond acceptors (Lipinski definition) is 2. The molecular weight excluding hydrogens is 449 g/mol. The average molecular weight is 473 g/mol. The number of alkyl halides is 3. The van der Waals surface area contributed by atoms with Gasteiger partial charge in [-0.15, -0.1) is 0 Å². The molecule has 3 aromatic carbocycles. The number of anilines is 1. The lowest BCUT2D eigenvalue weighted by Crippen LogP contribution is -2.33. The summed E-state index contributed by atoms with van der Waals surface area (Å²) in [6.07, 6.45) is -1.73. The molecule has 1 amide bonds. The van der Waals surface area contributed by atoms with Crippen LogP contribution < -0.4 is 5.73 Å². The van der Waals surface area contributed by atoms with E-state index in [1.807, 2.05) is 12.1 Å². The van der Waals surface area contributed by atoms with Crippen LogP contribution in [0.4, 0.5) is 18.9 Å². The van der Waals surface area contributed by atoms with Gasteiger partial charge in [0.15, 0.2) is 0 Å². The maximum Gasteiger partial charge on any atom is 0.416 e. The molecule has 0 saturated heterocycles. The van der Waals surface area contributed by atoms with Gasteiger partial charge in [0.25, 0.3) is 5.91 Å². The second-order valence-corrected chi connectivity index (χ2v) is 8.86. The zero-order chi connectivity index (χ0) is 23.6. The van der Waals surface area contributed by atoms with Crippen molar-refractivity contribution in [3.8, 4) is 0 Å². The number of benzene rings is 3. The maximum atomic E-state index is 13.4. The minimum absolute atomic E-state index is 0.233. The van der Waals surface area contributed by atoms with E-state index >= 15 is 0 Å². The molecule has 172 valence electrons. The summed E-state index contributed by atoms with van der Waals surface area (Å²) in [7, 11) is 0. The van der Waals surface area contributed by atoms with Gasteiger partial charge in [0.05, 0.1) is 11.1 Å². The molecule has 3 aromatic rings. The van der Waals surface area contributed by atoms with Crippen molar-refractivity contribution in [1.82, 2.24) is 4.90 Å². The number of halogens is 4. The van der Waals surface area contributed by atoms with Gasteiger partial charge in [-0.05, 0) is 66.1 Å². The van der Waals surface area contributed by atoms with Crippen molar-refractivity contribution in [3.05, 3.63) is 99.6 Å². The SMILES string of the molecule is Nc1ccc(Cl)cc1C(=O)N(CCc1cccc(C(F)(F)F)c1)Cc1ccc(C2CC2)cc1. The number of hydrogen-bond donors (Lipinski definition) is 1. The number of carbonyl (C=O) groups excluding carboxylic acids is 1. The second-order valence-electron chi connectivity index (χ2n) is 8.42. The van der Waals surface area contributed by atoms with Crippen LogP contribution in [0.5, 0.6) is 0 Å². The van der Waals surface area contributed by atoms with Crippen LogP contribution in [0.2, 0.25) is 5.02 Å². The first-order chi connectivity index (χ1) is 15.7. The number of carbonyl (C=O) groups is 1. The van der Waals surface area contributed by atoms with Gasteiger partial charge in [0.2, 0.25) is 0 Å². The Balaban J connectivity index is 1.56. The van der Waals surface area contributed by atoms with Crippen molar-refractivity contribution in [2.75, 3.05) is 12.3 Å². The predicted molar refractivity (Wildman–Crippen MR) is 124 cm³/mol. The Morgan fingerprint density at radius 1 is 1.00 bits per heavy atom. The summed E-state index contributed by atoms with van der Waals surface area (Å²) in [6.45, 7) is 0.547. The van der Waals surface area contributed by atoms with Crippen LogP contribution in [0.1, 0.15) is 51.4 Å². The molecule has 1 saturated carbocycles. The molecule has 0 atom stereocenters. The lowest BCUT2D eigenvalue weighted by molar-refractivity contribution is -0.137. The van der Waals surface area contributed by atoms with Gasteiger partial charge in [-0.1, -0.05) is 54.1 Å². The van der Waals surface area contributed by atoms with E-state index in [-0.39, 0.29) is 24.4 Å². The summed E-state index contributed by atoms with van der Waals surface area (Å²) in [5.41, 5.74) is 8.65. The first kappa shape index (κ1) is 23.2. The third-order valence-electron chi connectivity index (χ3n) is 5.86. The van der Waals surface area contributed by atoms with Gasteiger partial charge >= 0.3 is 6.18 Å². The molecule has 4 rings (SSSR count). The Morgan fingerprint density at radius 3 is 2.39 bits per heavy atom. The predicted octanol–water partition coefficient (Wildman–Crippen LogP) is 6.70. The maximum absolute atomic E-state index is 13.4. The Morgan fingerprint density at radius 2 is 1.73 bits per heavy atom. The van der Waals surface area contributed by atoms with Crippen LogP contribution in [0.3, 0.4) is 0 Å². The van der Waals surface area contributed by atoms with E-state index in [9.17, 15) is 18.0 Å². The van der Waals surface area contributed by atoms with Crippen molar-refractivity contribution in [1.29, 1.82) is 0 Å². The molecule has 0 aliphatic heterocycles. The molecule has 3 nitrogen and oxygen atoms in total. The van der Waals surface area contributed by atoms with Crippen molar-refractivity contribution >= 4 is 23.2 Å². The van der Waals surface area contributed by atoms with Crippen LogP contribution in [-0.4, -0.2) is 17.4 Å². The minimum atomic E-state index is -4.41. The van der Waals surface area contributed by atoms with Gasteiger partial charge in [-0.25, -0.2) is 0 Å². The molecular formula is C26H24ClF3N2O. The number of rotatable bonds is 7. The zero-order valence-corrected chi connectivity index (χ0v) is 18.7. The molecule has 0 unspecified atom stereocenters. The van der Waals surface area contributed by atoms with Crippen molar-refractivity contribution in [3.63, 3.8) is 0 Å². The first-order valence-electron chi connectivity index (χ1n) is 10.8. The standard InChI is InChI=1S/C26H24ClF3N2O/c27-22-10-11-24(31)23(15-22)25(33)32(16-18-4-6-19(7-5-18)20-8-9-20)13-12-17-2-1-3-21(14-17)26(28,29)30/h1-7,10-11,14-15,20H,8-9,12-13,16,31H2. The zero-order valence-electron chi connectivity index (χ0n) is 17.9. The number of nitrogen functional groups attached to an aromatic ring is 1. The van der Waals surface area contributed by atoms with Gasteiger partial charge in [0, 0.05) is 23.8 Å². The van der Waals surface area contributed by atoms with Gasteiger partial charge in [-0.3, -0.25) is 4.79 Å². The fraction of sp³-hybridized carbons (Fsp3) is 0.269. The first-order valence-corrected chi connectivity index (χ1v) is 11.2. The van der Waals surface area contributed by atoms with E-state index < -0.39 is 11.7 Å². The largest absolute Gasteiger partial charge is 0.416 e. The van der Waals surface area contributed by atoms with Crippen LogP contribution >= 0.6 is 11.6 Å². The number of nitrogens with zero attached hydrogens (tertiary/aromatic N) is 1. The number of nitrogens with two attached hydrogens (primary N) is 1. The van der Waals surface area contributed by atoms with Gasteiger partial charge in [-0.2, -0.15) is 13.2 Å². The Hall–Kier alpha value is -2.99. The quantitative estimate of drug-likeness (QED) is 0.389. The molecule has 1 fully saturated rings. The molecule has 7 heteroatoms. The smallest absolute Gasteiger partial charge is 0.398 e. The summed E-state index contributed by atoms with van der Waals surface area (Å²) < 4.78 is 39.3. The highest BCUT2D eigenvalue weighted by molar-refractivity contribution is 6.31. The molecule has 33 heavy (non-hydrogen) atoms. The summed E-state index contributed by atoms with van der Waals surface area (Å²) in [6, 6.07) is 18.0. The fourth-order valence-corrected chi connectivity index (χ4v) is 4.01. The van der Waals surface area contributed by atoms with E-state index in [0.29, 0.717) is 28.7 Å². The summed E-state index contributed by atoms with van der Waals surface area (Å²) in [4.78, 5) is 15.0. The molecule has 0 radical (unpaired) electrons. The topological polar surface area (TPSA) is 46.3 Å². The van der Waals surface area contributed by atoms with Crippen molar-refractivity contribution in [2.45, 2.75) is 37.9 Å². The van der Waals surface area contributed by atoms with E-state index in [0.717, 1.165) is 17.7 Å². The van der Waals surface area contributed by atoms with E-state index in [1.54, 1.807) is 23.1 Å². The van der Waals surface area contributed by atoms with E-state index in [1.165, 1.54) is 30.5 Å². The van der Waals surface area contributed by atoms with Crippen LogP contribution in [0, 0.1) is 0 Å². The Kier molecular flexibility index (Phi) is 6.66. The monoisotopic (exact) mass is 472 g/mol. The molecule has 0 spiro atoms. The highest BCUT2D eigenvalue weighted by Crippen LogP contribution is 2.40. The summed E-state index contributed by atoms with van der Waals surface area (Å²) in [5.74, 6) is 0.317. The highest BCUT2D eigenvalue weighted by Gasteiger charge is 2.30. The summed E-state index contributed by atoms with van der Waals surface area (Å²) in [5, 5.41) is 0.388. The van der Waals surface area contributed by atoms with Crippen LogP contribution in [0.25, 0.3) is 0 Å².